The van der Waals surface area contributed by atoms with Gasteiger partial charge in [0, 0.05) is 21.6 Å². The first-order valence-corrected chi connectivity index (χ1v) is 12.8. The van der Waals surface area contributed by atoms with Crippen molar-refractivity contribution in [3.8, 4) is 5.75 Å². The number of hydrogen-bond donors (Lipinski definition) is 0. The fraction of sp³-hybridized carbons (Fsp3) is 0.273. The summed E-state index contributed by atoms with van der Waals surface area (Å²) in [5.74, 6) is 0.871. The van der Waals surface area contributed by atoms with Crippen LogP contribution in [0, 0.1) is 0 Å². The summed E-state index contributed by atoms with van der Waals surface area (Å²) in [5.41, 5.74) is 6.41. The van der Waals surface area contributed by atoms with Crippen LogP contribution in [-0.2, 0) is 10.8 Å². The smallest absolute Gasteiger partial charge is 0.118 e. The fourth-order valence-electron chi connectivity index (χ4n) is 5.17. The van der Waals surface area contributed by atoms with Crippen molar-refractivity contribution < 1.29 is 4.74 Å². The van der Waals surface area contributed by atoms with Gasteiger partial charge in [0.2, 0.25) is 0 Å². The molecule has 0 aliphatic heterocycles. The van der Waals surface area contributed by atoms with Crippen molar-refractivity contribution in [3.63, 3.8) is 0 Å². The molecule has 2 atom stereocenters. The number of aromatic nitrogens is 2. The SMILES string of the molecule is CCC(C)(c1ccc2nc(C(C)(CC)c3ccc(OC)cc3)ccc2c1)c1ccc2ccccc2n1. The lowest BCUT2D eigenvalue weighted by molar-refractivity contribution is 0.414. The monoisotopic (exact) mass is 474 g/mol. The summed E-state index contributed by atoms with van der Waals surface area (Å²) in [7, 11) is 1.70. The Bertz CT molecular complexity index is 1520. The van der Waals surface area contributed by atoms with Crippen molar-refractivity contribution in [3.05, 3.63) is 114 Å². The van der Waals surface area contributed by atoms with Gasteiger partial charge in [-0.05, 0) is 80.3 Å². The van der Waals surface area contributed by atoms with E-state index in [1.54, 1.807) is 7.11 Å². The van der Waals surface area contributed by atoms with Crippen LogP contribution in [0.4, 0.5) is 0 Å². The van der Waals surface area contributed by atoms with Crippen molar-refractivity contribution in [2.24, 2.45) is 0 Å². The van der Waals surface area contributed by atoms with Gasteiger partial charge in [0.15, 0.2) is 0 Å². The second kappa shape index (κ2) is 9.39. The molecule has 0 spiro atoms. The van der Waals surface area contributed by atoms with E-state index in [4.69, 9.17) is 14.7 Å². The van der Waals surface area contributed by atoms with E-state index in [0.717, 1.165) is 46.4 Å². The number of benzene rings is 3. The molecule has 5 aromatic rings. The highest BCUT2D eigenvalue weighted by molar-refractivity contribution is 5.81. The molecule has 0 aliphatic carbocycles. The van der Waals surface area contributed by atoms with E-state index in [1.807, 2.05) is 12.1 Å². The predicted molar refractivity (Wildman–Crippen MR) is 150 cm³/mol. The number of fused-ring (bicyclic) bond motifs is 2. The topological polar surface area (TPSA) is 35.0 Å². The Morgan fingerprint density at radius 3 is 1.81 bits per heavy atom. The van der Waals surface area contributed by atoms with Crippen LogP contribution < -0.4 is 4.74 Å². The molecule has 0 radical (unpaired) electrons. The number of pyridine rings is 2. The Morgan fingerprint density at radius 1 is 0.611 bits per heavy atom. The van der Waals surface area contributed by atoms with Crippen molar-refractivity contribution in [2.75, 3.05) is 7.11 Å². The Balaban J connectivity index is 1.54. The van der Waals surface area contributed by atoms with Crippen LogP contribution in [0.2, 0.25) is 0 Å². The molecule has 3 heteroatoms. The molecule has 2 unspecified atom stereocenters. The molecule has 36 heavy (non-hydrogen) atoms. The van der Waals surface area contributed by atoms with E-state index in [2.05, 4.69) is 107 Å². The van der Waals surface area contributed by atoms with Crippen LogP contribution in [0.25, 0.3) is 21.8 Å². The molecule has 0 N–H and O–H groups in total. The van der Waals surface area contributed by atoms with Crippen LogP contribution in [0.3, 0.4) is 0 Å². The van der Waals surface area contributed by atoms with Gasteiger partial charge in [0.25, 0.3) is 0 Å². The molecule has 182 valence electrons. The van der Waals surface area contributed by atoms with Crippen molar-refractivity contribution in [2.45, 2.75) is 51.4 Å². The number of rotatable bonds is 7. The second-order valence-corrected chi connectivity index (χ2v) is 10.1. The Labute approximate surface area is 214 Å². The number of hydrogen-bond acceptors (Lipinski definition) is 3. The summed E-state index contributed by atoms with van der Waals surface area (Å²) < 4.78 is 5.36. The highest BCUT2D eigenvalue weighted by atomic mass is 16.5. The minimum atomic E-state index is -0.183. The number of para-hydroxylation sites is 1. The van der Waals surface area contributed by atoms with Crippen LogP contribution in [0.5, 0.6) is 5.75 Å². The maximum Gasteiger partial charge on any atom is 0.118 e. The lowest BCUT2D eigenvalue weighted by Gasteiger charge is -2.30. The molecular weight excluding hydrogens is 440 g/mol. The number of nitrogens with zero attached hydrogens (tertiary/aromatic N) is 2. The van der Waals surface area contributed by atoms with Crippen molar-refractivity contribution in [1.29, 1.82) is 0 Å². The highest BCUT2D eigenvalue weighted by Gasteiger charge is 2.31. The zero-order chi connectivity index (χ0) is 25.3. The molecule has 0 amide bonds. The molecule has 2 heterocycles. The van der Waals surface area contributed by atoms with Crippen molar-refractivity contribution in [1.82, 2.24) is 9.97 Å². The molecular formula is C33H34N2O. The Kier molecular flexibility index (Phi) is 6.26. The minimum absolute atomic E-state index is 0.175. The van der Waals surface area contributed by atoms with Gasteiger partial charge in [-0.15, -0.1) is 0 Å². The minimum Gasteiger partial charge on any atom is -0.497 e. The average molecular weight is 475 g/mol. The highest BCUT2D eigenvalue weighted by Crippen LogP contribution is 2.38. The molecule has 0 saturated heterocycles. The summed E-state index contributed by atoms with van der Waals surface area (Å²) in [6, 6.07) is 32.2. The van der Waals surface area contributed by atoms with Gasteiger partial charge >= 0.3 is 0 Å². The molecule has 0 aliphatic rings. The van der Waals surface area contributed by atoms with Crippen LogP contribution in [0.15, 0.2) is 91.0 Å². The van der Waals surface area contributed by atoms with Gasteiger partial charge in [-0.25, -0.2) is 0 Å². The third-order valence-corrected chi connectivity index (χ3v) is 8.20. The summed E-state index contributed by atoms with van der Waals surface area (Å²) >= 11 is 0. The molecule has 0 fully saturated rings. The Morgan fingerprint density at radius 2 is 1.17 bits per heavy atom. The van der Waals surface area contributed by atoms with E-state index < -0.39 is 0 Å². The fourth-order valence-corrected chi connectivity index (χ4v) is 5.17. The summed E-state index contributed by atoms with van der Waals surface area (Å²) in [6.45, 7) is 9.04. The first-order valence-electron chi connectivity index (χ1n) is 12.8. The number of methoxy groups -OCH3 is 1. The Hall–Kier alpha value is -3.72. The molecule has 5 rings (SSSR count). The zero-order valence-corrected chi connectivity index (χ0v) is 21.9. The second-order valence-electron chi connectivity index (χ2n) is 10.1. The molecule has 3 aromatic carbocycles. The third-order valence-electron chi connectivity index (χ3n) is 8.20. The average Bonchev–Trinajstić information content (AvgIpc) is 2.95. The first-order chi connectivity index (χ1) is 17.4. The molecule has 2 aromatic heterocycles. The van der Waals surface area contributed by atoms with Gasteiger partial charge in [0.1, 0.15) is 5.75 Å². The van der Waals surface area contributed by atoms with Crippen LogP contribution in [0.1, 0.15) is 63.1 Å². The van der Waals surface area contributed by atoms with Gasteiger partial charge in [-0.3, -0.25) is 9.97 Å². The predicted octanol–water partition coefficient (Wildman–Crippen LogP) is 8.22. The number of ether oxygens (including phenoxy) is 1. The first kappa shape index (κ1) is 24.0. The molecule has 0 saturated carbocycles. The van der Waals surface area contributed by atoms with Gasteiger partial charge in [-0.2, -0.15) is 0 Å². The maximum absolute atomic E-state index is 5.36. The lowest BCUT2D eigenvalue weighted by atomic mass is 9.75. The van der Waals surface area contributed by atoms with E-state index in [9.17, 15) is 0 Å². The molecule has 3 nitrogen and oxygen atoms in total. The van der Waals surface area contributed by atoms with Gasteiger partial charge in [0.05, 0.1) is 29.5 Å². The van der Waals surface area contributed by atoms with E-state index in [0.29, 0.717) is 0 Å². The van der Waals surface area contributed by atoms with Crippen LogP contribution in [-0.4, -0.2) is 17.1 Å². The lowest BCUT2D eigenvalue weighted by Crippen LogP contribution is -2.25. The standard InChI is InChI=1S/C33H34N2O/c1-6-32(3,25-14-17-27(36-5)18-15-25)30-21-13-24-22-26(16-19-29(24)35-30)33(4,7-2)31-20-12-23-10-8-9-11-28(23)34-31/h8-22H,6-7H2,1-5H3. The largest absolute Gasteiger partial charge is 0.497 e. The van der Waals surface area contributed by atoms with Crippen LogP contribution >= 0.6 is 0 Å². The summed E-state index contributed by atoms with van der Waals surface area (Å²) in [4.78, 5) is 10.2. The normalized spacial score (nSPS) is 14.9. The maximum atomic E-state index is 5.36. The van der Waals surface area contributed by atoms with E-state index >= 15 is 0 Å². The van der Waals surface area contributed by atoms with Crippen molar-refractivity contribution >= 4 is 21.8 Å². The van der Waals surface area contributed by atoms with Gasteiger partial charge < -0.3 is 4.74 Å². The van der Waals surface area contributed by atoms with Gasteiger partial charge in [-0.1, -0.05) is 62.4 Å². The van der Waals surface area contributed by atoms with E-state index in [-0.39, 0.29) is 10.8 Å². The molecule has 0 bridgehead atoms. The third kappa shape index (κ3) is 4.03. The zero-order valence-electron chi connectivity index (χ0n) is 21.9. The summed E-state index contributed by atoms with van der Waals surface area (Å²) in [5, 5.41) is 2.33. The summed E-state index contributed by atoms with van der Waals surface area (Å²) in [6.07, 6.45) is 1.91. The van der Waals surface area contributed by atoms with E-state index in [1.165, 1.54) is 16.5 Å². The quantitative estimate of drug-likeness (QED) is 0.238.